The van der Waals surface area contributed by atoms with Crippen molar-refractivity contribution in [3.63, 3.8) is 0 Å². The Labute approximate surface area is 261 Å². The van der Waals surface area contributed by atoms with Gasteiger partial charge in [-0.2, -0.15) is 5.01 Å². The molecule has 0 spiro atoms. The van der Waals surface area contributed by atoms with Crippen LogP contribution in [0.1, 0.15) is 29.8 Å². The van der Waals surface area contributed by atoms with E-state index in [1.807, 2.05) is 60.7 Å². The molecule has 11 heteroatoms. The Kier molecular flexibility index (Phi) is 9.69. The highest BCUT2D eigenvalue weighted by Crippen LogP contribution is 2.32. The number of aromatic nitrogens is 1. The Hall–Kier alpha value is -5.29. The highest BCUT2D eigenvalue weighted by atomic mass is 16.6. The van der Waals surface area contributed by atoms with Crippen molar-refractivity contribution >= 4 is 40.7 Å². The molecular weight excluding hydrogens is 574 g/mol. The minimum Gasteiger partial charge on any atom is -0.451 e. The van der Waals surface area contributed by atoms with Gasteiger partial charge in [0.2, 0.25) is 0 Å². The van der Waals surface area contributed by atoms with E-state index in [0.717, 1.165) is 10.6 Å². The fourth-order valence-corrected chi connectivity index (χ4v) is 5.12. The zero-order valence-electron chi connectivity index (χ0n) is 25.4. The lowest BCUT2D eigenvalue weighted by Crippen LogP contribution is -2.49. The van der Waals surface area contributed by atoms with Crippen LogP contribution < -0.4 is 10.4 Å². The third-order valence-electron chi connectivity index (χ3n) is 7.52. The number of rotatable bonds is 6. The maximum atomic E-state index is 14.3. The number of carbonyl (C=O) groups is 4. The molecule has 1 aromatic heterocycles. The summed E-state index contributed by atoms with van der Waals surface area (Å²) in [6.45, 7) is 5.33. The van der Waals surface area contributed by atoms with Crippen LogP contribution in [0, 0.1) is 5.92 Å². The number of pyridine rings is 1. The van der Waals surface area contributed by atoms with Gasteiger partial charge in [-0.3, -0.25) is 19.9 Å². The third-order valence-corrected chi connectivity index (χ3v) is 7.52. The lowest BCUT2D eigenvalue weighted by Gasteiger charge is -2.34. The highest BCUT2D eigenvalue weighted by molar-refractivity contribution is 6.10. The number of hydrazine groups is 1. The molecule has 232 valence electrons. The highest BCUT2D eigenvalue weighted by Gasteiger charge is 2.29. The molecule has 3 aromatic carbocycles. The standard InChI is InChI=1S/C34H35N5O6/c1-23(2)32(41)45-33(42)38-20-18-37(19-21-38)22-27-29(31(40)36-39(34(43)44-3)25-14-8-5-9-15-25)26-16-10-11-17-28(26)35-30(27)24-12-6-4-7-13-24/h4-17,23H,18-22H2,1-3H3,(H,36,40). The molecule has 0 saturated carbocycles. The first kappa shape index (κ1) is 31.1. The molecule has 0 aliphatic carbocycles. The van der Waals surface area contributed by atoms with Crippen LogP contribution >= 0.6 is 0 Å². The largest absolute Gasteiger partial charge is 0.451 e. The number of carbonyl (C=O) groups excluding carboxylic acids is 4. The van der Waals surface area contributed by atoms with E-state index in [9.17, 15) is 19.2 Å². The van der Waals surface area contributed by atoms with Gasteiger partial charge in [-0.15, -0.1) is 0 Å². The SMILES string of the molecule is COC(=O)N(NC(=O)c1c(CN2CCN(C(=O)OC(=O)C(C)C)CC2)c(-c2ccccc2)nc2ccccc12)c1ccccc1. The number of piperazine rings is 1. The second kappa shape index (κ2) is 14.0. The van der Waals surface area contributed by atoms with Crippen LogP contribution in [0.25, 0.3) is 22.2 Å². The summed E-state index contributed by atoms with van der Waals surface area (Å²) < 4.78 is 10.00. The number of anilines is 1. The zero-order valence-corrected chi connectivity index (χ0v) is 25.4. The zero-order chi connectivity index (χ0) is 31.9. The van der Waals surface area contributed by atoms with E-state index >= 15 is 0 Å². The third kappa shape index (κ3) is 7.10. The van der Waals surface area contributed by atoms with Crippen molar-refractivity contribution in [2.45, 2.75) is 20.4 Å². The molecule has 0 unspecified atom stereocenters. The minimum atomic E-state index is -0.753. The average Bonchev–Trinajstić information content (AvgIpc) is 3.07. The van der Waals surface area contributed by atoms with Crippen molar-refractivity contribution < 1.29 is 28.7 Å². The van der Waals surface area contributed by atoms with E-state index in [2.05, 4.69) is 10.3 Å². The van der Waals surface area contributed by atoms with E-state index in [1.165, 1.54) is 12.0 Å². The van der Waals surface area contributed by atoms with Crippen LogP contribution in [-0.2, 0) is 20.8 Å². The first-order valence-electron chi connectivity index (χ1n) is 14.7. The molecule has 45 heavy (non-hydrogen) atoms. The number of esters is 1. The smallest absolute Gasteiger partial charge is 0.433 e. The van der Waals surface area contributed by atoms with Crippen LogP contribution in [0.2, 0.25) is 0 Å². The molecule has 1 aliphatic rings. The lowest BCUT2D eigenvalue weighted by molar-refractivity contribution is -0.142. The van der Waals surface area contributed by atoms with E-state index in [4.69, 9.17) is 14.5 Å². The van der Waals surface area contributed by atoms with Gasteiger partial charge < -0.3 is 14.4 Å². The van der Waals surface area contributed by atoms with Gasteiger partial charge in [-0.25, -0.2) is 14.6 Å². The van der Waals surface area contributed by atoms with Gasteiger partial charge in [0, 0.05) is 49.2 Å². The maximum Gasteiger partial charge on any atom is 0.433 e. The number of nitrogens with zero attached hydrogens (tertiary/aromatic N) is 4. The molecule has 11 nitrogen and oxygen atoms in total. The summed E-state index contributed by atoms with van der Waals surface area (Å²) in [6, 6.07) is 25.7. The Morgan fingerprint density at radius 2 is 1.49 bits per heavy atom. The second-order valence-electron chi connectivity index (χ2n) is 10.9. The molecular formula is C34H35N5O6. The van der Waals surface area contributed by atoms with Crippen molar-refractivity contribution in [3.8, 4) is 11.3 Å². The first-order valence-corrected chi connectivity index (χ1v) is 14.7. The average molecular weight is 610 g/mol. The summed E-state index contributed by atoms with van der Waals surface area (Å²) in [5.41, 5.74) is 6.32. The van der Waals surface area contributed by atoms with Crippen molar-refractivity contribution in [1.29, 1.82) is 0 Å². The van der Waals surface area contributed by atoms with Gasteiger partial charge in [0.15, 0.2) is 0 Å². The predicted molar refractivity (Wildman–Crippen MR) is 169 cm³/mol. The lowest BCUT2D eigenvalue weighted by atomic mass is 9.95. The molecule has 1 N–H and O–H groups in total. The molecule has 4 aromatic rings. The molecule has 0 atom stereocenters. The molecule has 2 heterocycles. The van der Waals surface area contributed by atoms with Crippen molar-refractivity contribution in [3.05, 3.63) is 96.1 Å². The van der Waals surface area contributed by atoms with Crippen LogP contribution in [0.4, 0.5) is 15.3 Å². The first-order chi connectivity index (χ1) is 21.8. The topological polar surface area (TPSA) is 121 Å². The summed E-state index contributed by atoms with van der Waals surface area (Å²) in [5.74, 6) is -1.48. The van der Waals surface area contributed by atoms with Crippen LogP contribution in [0.3, 0.4) is 0 Å². The molecule has 0 bridgehead atoms. The minimum absolute atomic E-state index is 0.336. The summed E-state index contributed by atoms with van der Waals surface area (Å²) in [4.78, 5) is 60.3. The molecule has 1 aliphatic heterocycles. The Balaban J connectivity index is 1.52. The quantitative estimate of drug-likeness (QED) is 0.179. The van der Waals surface area contributed by atoms with Gasteiger partial charge in [-0.05, 0) is 18.2 Å². The molecule has 0 radical (unpaired) electrons. The van der Waals surface area contributed by atoms with Crippen LogP contribution in [0.15, 0.2) is 84.9 Å². The number of nitrogens with one attached hydrogen (secondary N) is 1. The van der Waals surface area contributed by atoms with Crippen molar-refractivity contribution in [1.82, 2.24) is 20.2 Å². The number of para-hydroxylation sites is 2. The number of benzene rings is 3. The fraction of sp³-hybridized carbons (Fsp3) is 0.265. The normalized spacial score (nSPS) is 13.4. The fourth-order valence-electron chi connectivity index (χ4n) is 5.12. The Bertz CT molecular complexity index is 1690. The number of amides is 3. The Morgan fingerprint density at radius 3 is 2.13 bits per heavy atom. The van der Waals surface area contributed by atoms with Gasteiger partial charge in [0.25, 0.3) is 5.91 Å². The van der Waals surface area contributed by atoms with Gasteiger partial charge >= 0.3 is 18.2 Å². The van der Waals surface area contributed by atoms with Crippen LogP contribution in [-0.4, -0.2) is 72.1 Å². The van der Waals surface area contributed by atoms with E-state index in [1.54, 1.807) is 38.1 Å². The van der Waals surface area contributed by atoms with E-state index in [0.29, 0.717) is 66.1 Å². The number of ether oxygens (including phenoxy) is 2. The summed E-state index contributed by atoms with van der Waals surface area (Å²) in [6.07, 6.45) is -1.41. The number of methoxy groups -OCH3 is 1. The summed E-state index contributed by atoms with van der Waals surface area (Å²) in [5, 5.41) is 1.70. The number of fused-ring (bicyclic) bond motifs is 1. The van der Waals surface area contributed by atoms with E-state index in [-0.39, 0.29) is 0 Å². The van der Waals surface area contributed by atoms with Gasteiger partial charge in [0.1, 0.15) is 0 Å². The molecule has 1 fully saturated rings. The summed E-state index contributed by atoms with van der Waals surface area (Å²) in [7, 11) is 1.25. The van der Waals surface area contributed by atoms with E-state index < -0.39 is 30.0 Å². The summed E-state index contributed by atoms with van der Waals surface area (Å²) >= 11 is 0. The van der Waals surface area contributed by atoms with Crippen molar-refractivity contribution in [2.75, 3.05) is 38.3 Å². The van der Waals surface area contributed by atoms with Gasteiger partial charge in [0.05, 0.1) is 35.5 Å². The van der Waals surface area contributed by atoms with Gasteiger partial charge in [-0.1, -0.05) is 80.6 Å². The Morgan fingerprint density at radius 1 is 0.867 bits per heavy atom. The molecule has 5 rings (SSSR count). The van der Waals surface area contributed by atoms with Crippen molar-refractivity contribution in [2.24, 2.45) is 5.92 Å². The number of hydrogen-bond acceptors (Lipinski definition) is 8. The second-order valence-corrected chi connectivity index (χ2v) is 10.9. The number of hydrogen-bond donors (Lipinski definition) is 1. The molecule has 1 saturated heterocycles. The van der Waals surface area contributed by atoms with Crippen LogP contribution in [0.5, 0.6) is 0 Å². The maximum absolute atomic E-state index is 14.3. The predicted octanol–water partition coefficient (Wildman–Crippen LogP) is 5.26. The molecule has 3 amide bonds. The monoisotopic (exact) mass is 609 g/mol.